The zero-order chi connectivity index (χ0) is 13.7. The van der Waals surface area contributed by atoms with Gasteiger partial charge in [-0.2, -0.15) is 0 Å². The lowest BCUT2D eigenvalue weighted by molar-refractivity contribution is -0.143. The Kier molecular flexibility index (Phi) is 4.87. The van der Waals surface area contributed by atoms with E-state index in [1.165, 1.54) is 7.11 Å². The third kappa shape index (κ3) is 3.52. The average Bonchev–Trinajstić information content (AvgIpc) is 2.99. The Hall–Kier alpha value is -1.46. The molecule has 1 aliphatic heterocycles. The van der Waals surface area contributed by atoms with Gasteiger partial charge in [0.05, 0.1) is 13.2 Å². The smallest absolute Gasteiger partial charge is 0.327 e. The number of methoxy groups -OCH3 is 1. The van der Waals surface area contributed by atoms with Gasteiger partial charge in [-0.05, 0) is 31.4 Å². The summed E-state index contributed by atoms with van der Waals surface area (Å²) in [6, 6.07) is 3.26. The standard InChI is InChI=1S/C14H20N2O3/c1-10(12-6-4-8-19-12)16-13(14(17)18-2)11-5-3-7-15-9-11/h3,5,7,9-10,12-13,16H,4,6,8H2,1-2H3/t10-,12-,13+/m0/s1. The summed E-state index contributed by atoms with van der Waals surface area (Å²) in [6.07, 6.45) is 5.61. The first-order valence-electron chi connectivity index (χ1n) is 6.57. The van der Waals surface area contributed by atoms with Crippen molar-refractivity contribution in [3.63, 3.8) is 0 Å². The number of aromatic nitrogens is 1. The van der Waals surface area contributed by atoms with Crippen molar-refractivity contribution in [1.29, 1.82) is 0 Å². The van der Waals surface area contributed by atoms with Gasteiger partial charge in [-0.15, -0.1) is 0 Å². The fourth-order valence-corrected chi connectivity index (χ4v) is 2.33. The maximum atomic E-state index is 11.9. The van der Waals surface area contributed by atoms with Crippen molar-refractivity contribution in [2.45, 2.75) is 38.0 Å². The van der Waals surface area contributed by atoms with Crippen LogP contribution in [0, 0.1) is 0 Å². The second-order valence-corrected chi connectivity index (χ2v) is 4.75. The van der Waals surface area contributed by atoms with E-state index in [0.29, 0.717) is 0 Å². The Morgan fingerprint density at radius 3 is 3.05 bits per heavy atom. The minimum Gasteiger partial charge on any atom is -0.468 e. The molecule has 3 atom stereocenters. The molecule has 1 aromatic rings. The molecule has 1 aromatic heterocycles. The monoisotopic (exact) mass is 264 g/mol. The number of carbonyl (C=O) groups is 1. The summed E-state index contributed by atoms with van der Waals surface area (Å²) >= 11 is 0. The molecule has 0 aromatic carbocycles. The highest BCUT2D eigenvalue weighted by atomic mass is 16.5. The number of ether oxygens (including phenoxy) is 2. The quantitative estimate of drug-likeness (QED) is 0.816. The van der Waals surface area contributed by atoms with Crippen LogP contribution in [-0.4, -0.2) is 36.8 Å². The Morgan fingerprint density at radius 2 is 2.47 bits per heavy atom. The number of nitrogens with zero attached hydrogens (tertiary/aromatic N) is 1. The van der Waals surface area contributed by atoms with Gasteiger partial charge >= 0.3 is 5.97 Å². The minimum atomic E-state index is -0.502. The molecule has 0 bridgehead atoms. The van der Waals surface area contributed by atoms with Crippen LogP contribution in [0.25, 0.3) is 0 Å². The predicted molar refractivity (Wildman–Crippen MR) is 70.6 cm³/mol. The molecule has 2 heterocycles. The third-order valence-corrected chi connectivity index (χ3v) is 3.41. The number of nitrogens with one attached hydrogen (secondary N) is 1. The Morgan fingerprint density at radius 1 is 1.63 bits per heavy atom. The van der Waals surface area contributed by atoms with E-state index in [9.17, 15) is 4.79 Å². The largest absolute Gasteiger partial charge is 0.468 e. The van der Waals surface area contributed by atoms with Gasteiger partial charge < -0.3 is 9.47 Å². The van der Waals surface area contributed by atoms with Crippen molar-refractivity contribution in [1.82, 2.24) is 10.3 Å². The van der Waals surface area contributed by atoms with E-state index in [1.807, 2.05) is 19.1 Å². The van der Waals surface area contributed by atoms with Gasteiger partial charge in [0.25, 0.3) is 0 Å². The predicted octanol–water partition coefficient (Wildman–Crippen LogP) is 1.45. The minimum absolute atomic E-state index is 0.0896. The highest BCUT2D eigenvalue weighted by Crippen LogP contribution is 2.20. The molecular weight excluding hydrogens is 244 g/mol. The Balaban J connectivity index is 2.08. The number of pyridine rings is 1. The lowest BCUT2D eigenvalue weighted by atomic mass is 10.1. The van der Waals surface area contributed by atoms with E-state index in [1.54, 1.807) is 12.4 Å². The van der Waals surface area contributed by atoms with Crippen molar-refractivity contribution >= 4 is 5.97 Å². The van der Waals surface area contributed by atoms with E-state index in [2.05, 4.69) is 10.3 Å². The summed E-state index contributed by atoms with van der Waals surface area (Å²) in [4.78, 5) is 16.0. The lowest BCUT2D eigenvalue weighted by Crippen LogP contribution is -2.42. The molecule has 104 valence electrons. The van der Waals surface area contributed by atoms with Crippen LogP contribution < -0.4 is 5.32 Å². The van der Waals surface area contributed by atoms with Crippen LogP contribution >= 0.6 is 0 Å². The van der Waals surface area contributed by atoms with Crippen molar-refractivity contribution in [3.8, 4) is 0 Å². The van der Waals surface area contributed by atoms with Crippen LogP contribution in [0.3, 0.4) is 0 Å². The zero-order valence-corrected chi connectivity index (χ0v) is 11.3. The third-order valence-electron chi connectivity index (χ3n) is 3.41. The summed E-state index contributed by atoms with van der Waals surface area (Å²) in [6.45, 7) is 2.83. The molecule has 0 aliphatic carbocycles. The molecule has 1 fully saturated rings. The maximum absolute atomic E-state index is 11.9. The molecule has 1 N–H and O–H groups in total. The van der Waals surface area contributed by atoms with E-state index in [0.717, 1.165) is 25.0 Å². The molecule has 19 heavy (non-hydrogen) atoms. The molecule has 2 rings (SSSR count). The lowest BCUT2D eigenvalue weighted by Gasteiger charge is -2.25. The van der Waals surface area contributed by atoms with Crippen LogP contribution in [0.5, 0.6) is 0 Å². The molecule has 0 spiro atoms. The fourth-order valence-electron chi connectivity index (χ4n) is 2.33. The summed E-state index contributed by atoms with van der Waals surface area (Å²) in [5, 5.41) is 3.29. The maximum Gasteiger partial charge on any atom is 0.327 e. The fraction of sp³-hybridized carbons (Fsp3) is 0.571. The van der Waals surface area contributed by atoms with Gasteiger partial charge in [0.1, 0.15) is 6.04 Å². The number of rotatable bonds is 5. The second kappa shape index (κ2) is 6.63. The van der Waals surface area contributed by atoms with Gasteiger partial charge in [-0.3, -0.25) is 10.3 Å². The molecule has 5 heteroatoms. The summed E-state index contributed by atoms with van der Waals surface area (Å²) in [7, 11) is 1.39. The Labute approximate surface area is 113 Å². The van der Waals surface area contributed by atoms with E-state index in [4.69, 9.17) is 9.47 Å². The zero-order valence-electron chi connectivity index (χ0n) is 11.3. The summed E-state index contributed by atoms with van der Waals surface area (Å²) in [5.74, 6) is -0.308. The molecule has 1 aliphatic rings. The topological polar surface area (TPSA) is 60.5 Å². The van der Waals surface area contributed by atoms with Crippen LogP contribution in [0.15, 0.2) is 24.5 Å². The molecule has 1 saturated heterocycles. The summed E-state index contributed by atoms with van der Waals surface area (Å²) in [5.41, 5.74) is 0.805. The van der Waals surface area contributed by atoms with Gasteiger partial charge in [0, 0.05) is 25.0 Å². The van der Waals surface area contributed by atoms with Gasteiger partial charge in [0.15, 0.2) is 0 Å². The number of esters is 1. The molecular formula is C14H20N2O3. The second-order valence-electron chi connectivity index (χ2n) is 4.75. The van der Waals surface area contributed by atoms with Gasteiger partial charge in [-0.25, -0.2) is 4.79 Å². The normalized spacial score (nSPS) is 21.9. The highest BCUT2D eigenvalue weighted by Gasteiger charge is 2.28. The number of hydrogen-bond acceptors (Lipinski definition) is 5. The van der Waals surface area contributed by atoms with Crippen molar-refractivity contribution in [2.24, 2.45) is 0 Å². The van der Waals surface area contributed by atoms with Crippen LogP contribution in [0.4, 0.5) is 0 Å². The van der Waals surface area contributed by atoms with Crippen LogP contribution in [0.1, 0.15) is 31.4 Å². The number of hydrogen-bond donors (Lipinski definition) is 1. The van der Waals surface area contributed by atoms with E-state index in [-0.39, 0.29) is 18.1 Å². The SMILES string of the molecule is COC(=O)[C@H](N[C@@H](C)[C@@H]1CCCO1)c1cccnc1. The van der Waals surface area contributed by atoms with Gasteiger partial charge in [-0.1, -0.05) is 6.07 Å². The van der Waals surface area contributed by atoms with Crippen LogP contribution in [0.2, 0.25) is 0 Å². The number of carbonyl (C=O) groups excluding carboxylic acids is 1. The molecule has 0 unspecified atom stereocenters. The average molecular weight is 264 g/mol. The summed E-state index contributed by atoms with van der Waals surface area (Å²) < 4.78 is 10.5. The molecule has 5 nitrogen and oxygen atoms in total. The Bertz CT molecular complexity index is 404. The van der Waals surface area contributed by atoms with Crippen molar-refractivity contribution < 1.29 is 14.3 Å². The molecule has 0 radical (unpaired) electrons. The van der Waals surface area contributed by atoms with Crippen LogP contribution in [-0.2, 0) is 14.3 Å². The first-order chi connectivity index (χ1) is 9.22. The first kappa shape index (κ1) is 14.0. The highest BCUT2D eigenvalue weighted by molar-refractivity contribution is 5.77. The molecule has 0 amide bonds. The van der Waals surface area contributed by atoms with E-state index >= 15 is 0 Å². The van der Waals surface area contributed by atoms with Crippen molar-refractivity contribution in [2.75, 3.05) is 13.7 Å². The first-order valence-corrected chi connectivity index (χ1v) is 6.57. The molecule has 0 saturated carbocycles. The van der Waals surface area contributed by atoms with Gasteiger partial charge in [0.2, 0.25) is 0 Å². The van der Waals surface area contributed by atoms with E-state index < -0.39 is 6.04 Å². The van der Waals surface area contributed by atoms with Crippen molar-refractivity contribution in [3.05, 3.63) is 30.1 Å².